The van der Waals surface area contributed by atoms with Gasteiger partial charge in [0.15, 0.2) is 0 Å². The summed E-state index contributed by atoms with van der Waals surface area (Å²) in [5, 5.41) is 3.48. The fraction of sp³-hybridized carbons (Fsp3) is 0.312. The van der Waals surface area contributed by atoms with Crippen LogP contribution in [0.4, 0.5) is 15.9 Å². The van der Waals surface area contributed by atoms with Crippen molar-refractivity contribution in [3.05, 3.63) is 35.9 Å². The van der Waals surface area contributed by atoms with Gasteiger partial charge in [-0.2, -0.15) is 4.39 Å². The second kappa shape index (κ2) is 5.05. The molecule has 0 aromatic carbocycles. The van der Waals surface area contributed by atoms with E-state index in [1.165, 1.54) is 25.1 Å². The number of rotatable bonds is 3. The Bertz CT molecular complexity index is 737. The molecule has 2 aliphatic rings. The molecule has 1 saturated carbocycles. The van der Waals surface area contributed by atoms with Crippen LogP contribution in [0, 0.1) is 5.95 Å². The number of aromatic nitrogens is 2. The maximum atomic E-state index is 13.0. The minimum Gasteiger partial charge on any atom is -0.367 e. The first-order valence-corrected chi connectivity index (χ1v) is 7.36. The Kier molecular flexibility index (Phi) is 3.03. The number of anilines is 1. The highest BCUT2D eigenvalue weighted by molar-refractivity contribution is 5.76. The molecule has 1 fully saturated rings. The number of halogens is 1. The zero-order valence-corrected chi connectivity index (χ0v) is 12.3. The molecule has 2 aromatic heterocycles. The van der Waals surface area contributed by atoms with E-state index in [4.69, 9.17) is 4.98 Å². The molecule has 0 saturated heterocycles. The van der Waals surface area contributed by atoms with Crippen molar-refractivity contribution >= 4 is 17.8 Å². The van der Waals surface area contributed by atoms with Crippen molar-refractivity contribution in [1.29, 1.82) is 0 Å². The van der Waals surface area contributed by atoms with E-state index in [0.29, 0.717) is 6.04 Å². The topological polar surface area (TPSA) is 53.4 Å². The monoisotopic (exact) mass is 297 g/mol. The van der Waals surface area contributed by atoms with Crippen molar-refractivity contribution in [2.75, 3.05) is 12.4 Å². The second-order valence-electron chi connectivity index (χ2n) is 5.80. The summed E-state index contributed by atoms with van der Waals surface area (Å²) < 4.78 is 13.0. The van der Waals surface area contributed by atoms with Crippen LogP contribution >= 0.6 is 0 Å². The molecule has 0 amide bonds. The quantitative estimate of drug-likeness (QED) is 0.885. The largest absolute Gasteiger partial charge is 0.367 e. The number of fused-ring (bicyclic) bond motifs is 1. The molecule has 22 heavy (non-hydrogen) atoms. The average molecular weight is 297 g/mol. The van der Waals surface area contributed by atoms with Crippen molar-refractivity contribution in [2.24, 2.45) is 4.99 Å². The Morgan fingerprint density at radius 3 is 2.91 bits per heavy atom. The van der Waals surface area contributed by atoms with Gasteiger partial charge in [-0.15, -0.1) is 0 Å². The Morgan fingerprint density at radius 2 is 2.18 bits per heavy atom. The molecule has 0 radical (unpaired) electrons. The molecular weight excluding hydrogens is 281 g/mol. The molecule has 112 valence electrons. The van der Waals surface area contributed by atoms with E-state index in [9.17, 15) is 4.39 Å². The highest BCUT2D eigenvalue weighted by Crippen LogP contribution is 2.35. The van der Waals surface area contributed by atoms with Gasteiger partial charge in [-0.3, -0.25) is 0 Å². The van der Waals surface area contributed by atoms with Gasteiger partial charge in [0.25, 0.3) is 0 Å². The number of hydrogen-bond donors (Lipinski definition) is 1. The van der Waals surface area contributed by atoms with Crippen LogP contribution in [-0.4, -0.2) is 34.3 Å². The van der Waals surface area contributed by atoms with Crippen LogP contribution in [0.1, 0.15) is 18.4 Å². The Balaban J connectivity index is 1.80. The van der Waals surface area contributed by atoms with Gasteiger partial charge in [0.2, 0.25) is 5.95 Å². The molecule has 5 nitrogen and oxygen atoms in total. The van der Waals surface area contributed by atoms with E-state index >= 15 is 0 Å². The van der Waals surface area contributed by atoms with Gasteiger partial charge < -0.3 is 10.2 Å². The van der Waals surface area contributed by atoms with E-state index in [-0.39, 0.29) is 0 Å². The van der Waals surface area contributed by atoms with Crippen molar-refractivity contribution in [3.63, 3.8) is 0 Å². The van der Waals surface area contributed by atoms with E-state index in [1.807, 2.05) is 24.4 Å². The average Bonchev–Trinajstić information content (AvgIpc) is 3.32. The number of nitrogens with one attached hydrogen (secondary N) is 1. The Morgan fingerprint density at radius 1 is 1.32 bits per heavy atom. The van der Waals surface area contributed by atoms with Crippen LogP contribution in [0.15, 0.2) is 29.4 Å². The van der Waals surface area contributed by atoms with Gasteiger partial charge in [-0.1, -0.05) is 0 Å². The standard InChI is InChI=1S/C16H16FN5/c1-22-8-12-14(19-9-22)6-13(10-2-5-15(17)18-7-10)21-16(12)20-11-3-4-11/h2,5-7,9,11H,3-4,8H2,1H3,(H,20,21). The summed E-state index contributed by atoms with van der Waals surface area (Å²) in [5.41, 5.74) is 3.57. The van der Waals surface area contributed by atoms with Crippen LogP contribution < -0.4 is 5.32 Å². The summed E-state index contributed by atoms with van der Waals surface area (Å²) in [4.78, 5) is 15.0. The maximum Gasteiger partial charge on any atom is 0.212 e. The van der Waals surface area contributed by atoms with Crippen LogP contribution in [0.5, 0.6) is 0 Å². The Hall–Kier alpha value is -2.50. The summed E-state index contributed by atoms with van der Waals surface area (Å²) in [5.74, 6) is 0.390. The van der Waals surface area contributed by atoms with Crippen LogP contribution in [0.3, 0.4) is 0 Å². The summed E-state index contributed by atoms with van der Waals surface area (Å²) >= 11 is 0. The molecule has 0 spiro atoms. The van der Waals surface area contributed by atoms with Gasteiger partial charge in [0.05, 0.1) is 17.7 Å². The fourth-order valence-corrected chi connectivity index (χ4v) is 2.50. The number of hydrogen-bond acceptors (Lipinski definition) is 5. The summed E-state index contributed by atoms with van der Waals surface area (Å²) in [6, 6.07) is 5.48. The Labute approximate surface area is 127 Å². The lowest BCUT2D eigenvalue weighted by Gasteiger charge is -2.23. The number of nitrogens with zero attached hydrogens (tertiary/aromatic N) is 4. The van der Waals surface area contributed by atoms with Gasteiger partial charge in [0, 0.05) is 37.0 Å². The highest BCUT2D eigenvalue weighted by Gasteiger charge is 2.25. The molecule has 3 heterocycles. The van der Waals surface area contributed by atoms with E-state index in [2.05, 4.69) is 15.3 Å². The summed E-state index contributed by atoms with van der Waals surface area (Å²) in [7, 11) is 1.99. The molecule has 4 rings (SSSR count). The molecule has 0 atom stereocenters. The number of pyridine rings is 2. The van der Waals surface area contributed by atoms with E-state index < -0.39 is 5.95 Å². The summed E-state index contributed by atoms with van der Waals surface area (Å²) in [6.45, 7) is 0.781. The molecule has 2 aromatic rings. The van der Waals surface area contributed by atoms with E-state index in [1.54, 1.807) is 6.07 Å². The molecule has 0 bridgehead atoms. The molecular formula is C16H16FN5. The van der Waals surface area contributed by atoms with Gasteiger partial charge in [-0.05, 0) is 31.0 Å². The minimum absolute atomic E-state index is 0.488. The molecule has 1 aliphatic carbocycles. The normalized spacial score (nSPS) is 16.5. The lowest BCUT2D eigenvalue weighted by Crippen LogP contribution is -2.21. The van der Waals surface area contributed by atoms with Crippen molar-refractivity contribution in [1.82, 2.24) is 14.9 Å². The molecule has 1 N–H and O–H groups in total. The zero-order chi connectivity index (χ0) is 15.1. The van der Waals surface area contributed by atoms with Crippen molar-refractivity contribution < 1.29 is 4.39 Å². The lowest BCUT2D eigenvalue weighted by molar-refractivity contribution is 0.509. The number of aliphatic imine (C=N–C) groups is 1. The third-order valence-electron chi connectivity index (χ3n) is 3.84. The third-order valence-corrected chi connectivity index (χ3v) is 3.84. The zero-order valence-electron chi connectivity index (χ0n) is 12.3. The first kappa shape index (κ1) is 13.2. The second-order valence-corrected chi connectivity index (χ2v) is 5.80. The fourth-order valence-electron chi connectivity index (χ4n) is 2.50. The van der Waals surface area contributed by atoms with Gasteiger partial charge in [0.1, 0.15) is 5.82 Å². The molecule has 0 unspecified atom stereocenters. The predicted molar refractivity (Wildman–Crippen MR) is 83.7 cm³/mol. The molecule has 6 heteroatoms. The van der Waals surface area contributed by atoms with Gasteiger partial charge >= 0.3 is 0 Å². The van der Waals surface area contributed by atoms with Crippen LogP contribution in [-0.2, 0) is 6.54 Å². The highest BCUT2D eigenvalue weighted by atomic mass is 19.1. The van der Waals surface area contributed by atoms with Crippen LogP contribution in [0.25, 0.3) is 11.3 Å². The van der Waals surface area contributed by atoms with Crippen molar-refractivity contribution in [2.45, 2.75) is 25.4 Å². The lowest BCUT2D eigenvalue weighted by atomic mass is 10.1. The van der Waals surface area contributed by atoms with E-state index in [0.717, 1.165) is 34.9 Å². The molecule has 1 aliphatic heterocycles. The predicted octanol–water partition coefficient (Wildman–Crippen LogP) is 2.96. The third kappa shape index (κ3) is 2.52. The van der Waals surface area contributed by atoms with Crippen molar-refractivity contribution in [3.8, 4) is 11.3 Å². The van der Waals surface area contributed by atoms with Crippen LogP contribution in [0.2, 0.25) is 0 Å². The smallest absolute Gasteiger partial charge is 0.212 e. The summed E-state index contributed by atoms with van der Waals surface area (Å²) in [6.07, 6.45) is 5.68. The first-order chi connectivity index (χ1) is 10.7. The SMILES string of the molecule is CN1C=Nc2cc(-c3ccc(F)nc3)nc(NC3CC3)c2C1. The first-order valence-electron chi connectivity index (χ1n) is 7.36. The maximum absolute atomic E-state index is 13.0. The minimum atomic E-state index is -0.488. The van der Waals surface area contributed by atoms with Gasteiger partial charge in [-0.25, -0.2) is 15.0 Å².